The van der Waals surface area contributed by atoms with Crippen molar-refractivity contribution in [3.05, 3.63) is 84.1 Å². The molecule has 2 N–H and O–H groups in total. The average Bonchev–Trinajstić information content (AvgIpc) is 2.83. The fraction of sp³-hybridized carbons (Fsp3) is 0.0526. The van der Waals surface area contributed by atoms with E-state index in [1.807, 2.05) is 48.6 Å². The first-order valence-corrected chi connectivity index (χ1v) is 7.48. The summed E-state index contributed by atoms with van der Waals surface area (Å²) in [6.45, 7) is 0. The van der Waals surface area contributed by atoms with Gasteiger partial charge in [-0.25, -0.2) is 9.97 Å². The van der Waals surface area contributed by atoms with Gasteiger partial charge in [-0.05, 0) is 29.8 Å². The SMILES string of the molecule is NC1=CC2(C=CO1)c1ccccc1-c1nc3ccccc3nc12. The third kappa shape index (κ3) is 1.55. The second-order valence-electron chi connectivity index (χ2n) is 5.79. The lowest BCUT2D eigenvalue weighted by atomic mass is 9.80. The minimum Gasteiger partial charge on any atom is -0.450 e. The van der Waals surface area contributed by atoms with Crippen LogP contribution in [0.4, 0.5) is 0 Å². The van der Waals surface area contributed by atoms with E-state index in [1.54, 1.807) is 6.26 Å². The summed E-state index contributed by atoms with van der Waals surface area (Å²) in [4.78, 5) is 9.78. The number of para-hydroxylation sites is 2. The van der Waals surface area contributed by atoms with E-state index in [0.717, 1.165) is 33.5 Å². The fourth-order valence-corrected chi connectivity index (χ4v) is 3.50. The highest BCUT2D eigenvalue weighted by atomic mass is 16.5. The molecule has 1 spiro atoms. The van der Waals surface area contributed by atoms with Crippen molar-refractivity contribution in [1.29, 1.82) is 0 Å². The Morgan fingerprint density at radius 2 is 1.65 bits per heavy atom. The number of rotatable bonds is 0. The molecule has 0 radical (unpaired) electrons. The Bertz CT molecular complexity index is 1020. The van der Waals surface area contributed by atoms with Crippen molar-refractivity contribution in [2.24, 2.45) is 5.73 Å². The van der Waals surface area contributed by atoms with E-state index in [1.165, 1.54) is 0 Å². The first kappa shape index (κ1) is 12.4. The van der Waals surface area contributed by atoms with Gasteiger partial charge in [-0.1, -0.05) is 36.4 Å². The van der Waals surface area contributed by atoms with Gasteiger partial charge in [0, 0.05) is 5.56 Å². The van der Waals surface area contributed by atoms with Gasteiger partial charge in [0.25, 0.3) is 0 Å². The second-order valence-corrected chi connectivity index (χ2v) is 5.79. The number of benzene rings is 2. The van der Waals surface area contributed by atoms with E-state index >= 15 is 0 Å². The zero-order valence-electron chi connectivity index (χ0n) is 12.2. The maximum Gasteiger partial charge on any atom is 0.187 e. The molecule has 1 atom stereocenters. The van der Waals surface area contributed by atoms with Gasteiger partial charge in [0.1, 0.15) is 0 Å². The molecule has 2 aliphatic rings. The fourth-order valence-electron chi connectivity index (χ4n) is 3.50. The average molecular weight is 299 g/mol. The van der Waals surface area contributed by atoms with Gasteiger partial charge in [0.05, 0.1) is 34.1 Å². The number of fused-ring (bicyclic) bond motifs is 6. The lowest BCUT2D eigenvalue weighted by Gasteiger charge is -2.26. The molecule has 0 fully saturated rings. The monoisotopic (exact) mass is 299 g/mol. The van der Waals surface area contributed by atoms with Crippen molar-refractivity contribution in [3.8, 4) is 11.3 Å². The van der Waals surface area contributed by atoms with Crippen molar-refractivity contribution in [2.75, 3.05) is 0 Å². The van der Waals surface area contributed by atoms with Crippen LogP contribution in [0, 0.1) is 0 Å². The topological polar surface area (TPSA) is 61.0 Å². The van der Waals surface area contributed by atoms with Crippen LogP contribution in [0.15, 0.2) is 72.8 Å². The molecule has 4 heteroatoms. The Labute approximate surface area is 132 Å². The van der Waals surface area contributed by atoms with Gasteiger partial charge in [-0.2, -0.15) is 0 Å². The molecule has 1 aliphatic carbocycles. The third-order valence-corrected chi connectivity index (χ3v) is 4.50. The van der Waals surface area contributed by atoms with Crippen LogP contribution in [-0.4, -0.2) is 9.97 Å². The molecule has 0 amide bonds. The molecule has 1 aliphatic heterocycles. The minimum absolute atomic E-state index is 0.380. The Hall–Kier alpha value is -3.14. The van der Waals surface area contributed by atoms with E-state index in [9.17, 15) is 0 Å². The summed E-state index contributed by atoms with van der Waals surface area (Å²) in [5.41, 5.74) is 11.3. The molecule has 2 heterocycles. The Morgan fingerprint density at radius 1 is 0.913 bits per heavy atom. The molecule has 0 saturated carbocycles. The summed E-state index contributed by atoms with van der Waals surface area (Å²) in [5, 5.41) is 0. The van der Waals surface area contributed by atoms with E-state index in [0.29, 0.717) is 5.88 Å². The van der Waals surface area contributed by atoms with Gasteiger partial charge in [0.15, 0.2) is 5.88 Å². The lowest BCUT2D eigenvalue weighted by Crippen LogP contribution is -2.26. The summed E-state index contributed by atoms with van der Waals surface area (Å²) in [6, 6.07) is 16.2. The van der Waals surface area contributed by atoms with Crippen molar-refractivity contribution in [2.45, 2.75) is 5.41 Å². The quantitative estimate of drug-likeness (QED) is 0.692. The number of hydrogen-bond acceptors (Lipinski definition) is 4. The Morgan fingerprint density at radius 3 is 2.48 bits per heavy atom. The van der Waals surface area contributed by atoms with Gasteiger partial charge in [0.2, 0.25) is 0 Å². The summed E-state index contributed by atoms with van der Waals surface area (Å²) in [5.74, 6) is 0.380. The van der Waals surface area contributed by atoms with E-state index in [2.05, 4.69) is 12.1 Å². The van der Waals surface area contributed by atoms with Crippen LogP contribution in [-0.2, 0) is 10.2 Å². The summed E-state index contributed by atoms with van der Waals surface area (Å²) < 4.78 is 5.29. The van der Waals surface area contributed by atoms with E-state index in [-0.39, 0.29) is 0 Å². The smallest absolute Gasteiger partial charge is 0.187 e. The first-order valence-electron chi connectivity index (χ1n) is 7.48. The van der Waals surface area contributed by atoms with Crippen molar-refractivity contribution < 1.29 is 4.74 Å². The van der Waals surface area contributed by atoms with Crippen molar-refractivity contribution in [3.63, 3.8) is 0 Å². The number of ether oxygens (including phenoxy) is 1. The number of allylic oxidation sites excluding steroid dienone is 2. The second kappa shape index (κ2) is 4.20. The molecule has 4 nitrogen and oxygen atoms in total. The molecule has 5 rings (SSSR count). The highest BCUT2D eigenvalue weighted by Crippen LogP contribution is 2.50. The molecule has 3 aromatic rings. The highest BCUT2D eigenvalue weighted by molar-refractivity contribution is 5.85. The van der Waals surface area contributed by atoms with E-state index in [4.69, 9.17) is 20.4 Å². The van der Waals surface area contributed by atoms with Crippen LogP contribution in [0.2, 0.25) is 0 Å². The van der Waals surface area contributed by atoms with Crippen molar-refractivity contribution >= 4 is 11.0 Å². The number of hydrogen-bond donors (Lipinski definition) is 1. The molecule has 1 unspecified atom stereocenters. The zero-order valence-corrected chi connectivity index (χ0v) is 12.2. The molecule has 2 aromatic carbocycles. The van der Waals surface area contributed by atoms with Gasteiger partial charge < -0.3 is 10.5 Å². The standard InChI is InChI=1S/C19H13N3O/c20-16-11-19(9-10-23-16)13-6-2-1-5-12(13)17-18(19)22-15-8-4-3-7-14(15)21-17/h1-11H,20H2. The molecular formula is C19H13N3O. The minimum atomic E-state index is -0.509. The summed E-state index contributed by atoms with van der Waals surface area (Å²) in [6.07, 6.45) is 5.55. The molecular weight excluding hydrogens is 286 g/mol. The largest absolute Gasteiger partial charge is 0.450 e. The molecule has 0 saturated heterocycles. The zero-order chi connectivity index (χ0) is 15.4. The predicted octanol–water partition coefficient (Wildman–Crippen LogP) is 3.24. The molecule has 1 aromatic heterocycles. The van der Waals surface area contributed by atoms with E-state index < -0.39 is 5.41 Å². The van der Waals surface area contributed by atoms with Crippen LogP contribution in [0.3, 0.4) is 0 Å². The molecule has 23 heavy (non-hydrogen) atoms. The van der Waals surface area contributed by atoms with Crippen LogP contribution >= 0.6 is 0 Å². The van der Waals surface area contributed by atoms with Gasteiger partial charge >= 0.3 is 0 Å². The van der Waals surface area contributed by atoms with Gasteiger partial charge in [-0.3, -0.25) is 0 Å². The molecule has 110 valence electrons. The summed E-state index contributed by atoms with van der Waals surface area (Å²) >= 11 is 0. The Balaban J connectivity index is 1.94. The molecule has 0 bridgehead atoms. The predicted molar refractivity (Wildman–Crippen MR) is 88.2 cm³/mol. The first-order chi connectivity index (χ1) is 11.3. The van der Waals surface area contributed by atoms with Gasteiger partial charge in [-0.15, -0.1) is 0 Å². The number of nitrogens with zero attached hydrogens (tertiary/aromatic N) is 2. The van der Waals surface area contributed by atoms with Crippen LogP contribution < -0.4 is 5.73 Å². The normalized spacial score (nSPS) is 21.0. The Kier molecular flexibility index (Phi) is 2.26. The number of nitrogens with two attached hydrogens (primary N) is 1. The van der Waals surface area contributed by atoms with Crippen molar-refractivity contribution in [1.82, 2.24) is 9.97 Å². The maximum absolute atomic E-state index is 5.96. The highest BCUT2D eigenvalue weighted by Gasteiger charge is 2.44. The number of aromatic nitrogens is 2. The maximum atomic E-state index is 5.96. The van der Waals surface area contributed by atoms with Crippen LogP contribution in [0.25, 0.3) is 22.3 Å². The third-order valence-electron chi connectivity index (χ3n) is 4.50. The lowest BCUT2D eigenvalue weighted by molar-refractivity contribution is 0.327. The van der Waals surface area contributed by atoms with Crippen LogP contribution in [0.5, 0.6) is 0 Å². The summed E-state index contributed by atoms with van der Waals surface area (Å²) in [7, 11) is 0. The van der Waals surface area contributed by atoms with Crippen LogP contribution in [0.1, 0.15) is 11.3 Å².